The average molecular weight is 751 g/mol. The summed E-state index contributed by atoms with van der Waals surface area (Å²) in [5.74, 6) is -1.67. The van der Waals surface area contributed by atoms with Crippen molar-refractivity contribution in [1.82, 2.24) is 20.9 Å². The molecule has 50 heavy (non-hydrogen) atoms. The molecule has 22 nitrogen and oxygen atoms in total. The van der Waals surface area contributed by atoms with Gasteiger partial charge in [-0.05, 0) is 0 Å². The molecule has 0 aromatic carbocycles. The second kappa shape index (κ2) is 31.8. The van der Waals surface area contributed by atoms with Gasteiger partial charge in [-0.15, -0.1) is 0 Å². The summed E-state index contributed by atoms with van der Waals surface area (Å²) in [5, 5.41) is 7.53. The van der Waals surface area contributed by atoms with Gasteiger partial charge in [0, 0.05) is 39.8 Å². The molecule has 1 atom stereocenters. The van der Waals surface area contributed by atoms with E-state index < -0.39 is 37.9 Å². The largest absolute Gasteiger partial charge is 0.471 e. The number of hydrogen-bond acceptors (Lipinski definition) is 18. The maximum Gasteiger partial charge on any atom is 0.471 e. The van der Waals surface area contributed by atoms with Crippen LogP contribution in [0.3, 0.4) is 0 Å². The molecule has 0 rings (SSSR count). The van der Waals surface area contributed by atoms with Crippen LogP contribution in [0.15, 0.2) is 0 Å². The standard InChI is InChI=1S/C27H51N4O18P/c1-39-26(35)29-5-10-42-14-16-45-21-24(33)47-12-7-31(20-23(32)28-4-9-44-18-19-49-50(37,38)41-3)8-13-48-25(34)22-46-17-15-43-11-6-30-27(36)40-2/h4-22H2,1-3H3,(H,28,32)(H,29,35)(H,30,36)(H,37,38). The number of alkyl carbamates (subject to hydrolysis) is 2. The van der Waals surface area contributed by atoms with Gasteiger partial charge in [0.1, 0.15) is 26.4 Å². The topological polar surface area (TPSA) is 264 Å². The zero-order chi connectivity index (χ0) is 37.3. The van der Waals surface area contributed by atoms with E-state index in [1.807, 2.05) is 0 Å². The van der Waals surface area contributed by atoms with E-state index in [1.165, 1.54) is 14.2 Å². The van der Waals surface area contributed by atoms with Crippen molar-refractivity contribution in [1.29, 1.82) is 0 Å². The molecule has 0 fully saturated rings. The van der Waals surface area contributed by atoms with E-state index in [-0.39, 0.29) is 125 Å². The average Bonchev–Trinajstić information content (AvgIpc) is 3.09. The Morgan fingerprint density at radius 2 is 1.00 bits per heavy atom. The van der Waals surface area contributed by atoms with Crippen LogP contribution in [-0.2, 0) is 70.6 Å². The number of methoxy groups -OCH3 is 2. The molecule has 0 bridgehead atoms. The number of rotatable bonds is 32. The van der Waals surface area contributed by atoms with Gasteiger partial charge >= 0.3 is 31.9 Å². The highest BCUT2D eigenvalue weighted by Crippen LogP contribution is 2.41. The zero-order valence-corrected chi connectivity index (χ0v) is 29.6. The van der Waals surface area contributed by atoms with Crippen LogP contribution in [0.2, 0.25) is 0 Å². The molecule has 0 aliphatic heterocycles. The third kappa shape index (κ3) is 30.8. The first-order valence-electron chi connectivity index (χ1n) is 15.4. The molecule has 0 radical (unpaired) electrons. The smallest absolute Gasteiger partial charge is 0.463 e. The number of nitrogens with one attached hydrogen (secondary N) is 3. The van der Waals surface area contributed by atoms with E-state index in [9.17, 15) is 28.5 Å². The molecule has 0 heterocycles. The van der Waals surface area contributed by atoms with Crippen LogP contribution in [-0.4, -0.2) is 186 Å². The Labute approximate surface area is 290 Å². The molecule has 0 aliphatic carbocycles. The van der Waals surface area contributed by atoms with Crippen LogP contribution in [0, 0.1) is 0 Å². The summed E-state index contributed by atoms with van der Waals surface area (Å²) >= 11 is 0. The number of amides is 3. The number of nitrogens with zero attached hydrogens (tertiary/aromatic N) is 1. The van der Waals surface area contributed by atoms with Gasteiger partial charge in [0.2, 0.25) is 5.91 Å². The van der Waals surface area contributed by atoms with E-state index in [0.717, 1.165) is 7.11 Å². The van der Waals surface area contributed by atoms with Crippen molar-refractivity contribution in [2.45, 2.75) is 0 Å². The van der Waals surface area contributed by atoms with Gasteiger partial charge in [0.05, 0.1) is 80.2 Å². The lowest BCUT2D eigenvalue weighted by atomic mass is 10.4. The van der Waals surface area contributed by atoms with E-state index >= 15 is 0 Å². The third-order valence-electron chi connectivity index (χ3n) is 5.58. The Kier molecular flexibility index (Phi) is 29.8. The predicted molar refractivity (Wildman–Crippen MR) is 169 cm³/mol. The van der Waals surface area contributed by atoms with Crippen molar-refractivity contribution in [3.8, 4) is 0 Å². The van der Waals surface area contributed by atoms with Gasteiger partial charge < -0.3 is 63.5 Å². The van der Waals surface area contributed by atoms with E-state index in [0.29, 0.717) is 0 Å². The molecular formula is C27H51N4O18P. The Morgan fingerprint density at radius 1 is 0.580 bits per heavy atom. The van der Waals surface area contributed by atoms with Crippen LogP contribution < -0.4 is 16.0 Å². The number of carbonyl (C=O) groups excluding carboxylic acids is 5. The molecule has 3 amide bonds. The first-order valence-corrected chi connectivity index (χ1v) is 16.9. The summed E-state index contributed by atoms with van der Waals surface area (Å²) in [6.45, 7) is 0.871. The zero-order valence-electron chi connectivity index (χ0n) is 28.7. The molecule has 1 unspecified atom stereocenters. The Balaban J connectivity index is 4.42. The number of ether oxygens (including phenoxy) is 9. The van der Waals surface area contributed by atoms with Crippen LogP contribution >= 0.6 is 7.82 Å². The molecule has 0 spiro atoms. The van der Waals surface area contributed by atoms with Crippen molar-refractivity contribution in [3.63, 3.8) is 0 Å². The second-order valence-corrected chi connectivity index (χ2v) is 10.9. The van der Waals surface area contributed by atoms with Crippen LogP contribution in [0.4, 0.5) is 9.59 Å². The number of phosphoric ester groups is 1. The van der Waals surface area contributed by atoms with Crippen LogP contribution in [0.25, 0.3) is 0 Å². The highest BCUT2D eigenvalue weighted by Gasteiger charge is 2.17. The molecule has 4 N–H and O–H groups in total. The van der Waals surface area contributed by atoms with Gasteiger partial charge in [-0.2, -0.15) is 0 Å². The van der Waals surface area contributed by atoms with Gasteiger partial charge in [0.25, 0.3) is 0 Å². The summed E-state index contributed by atoms with van der Waals surface area (Å²) < 4.78 is 65.4. The maximum absolute atomic E-state index is 12.5. The maximum atomic E-state index is 12.5. The minimum atomic E-state index is -4.09. The quantitative estimate of drug-likeness (QED) is 0.0252. The van der Waals surface area contributed by atoms with Gasteiger partial charge in [-0.1, -0.05) is 0 Å². The van der Waals surface area contributed by atoms with Crippen molar-refractivity contribution >= 4 is 37.9 Å². The first-order chi connectivity index (χ1) is 24.0. The monoisotopic (exact) mass is 750 g/mol. The highest BCUT2D eigenvalue weighted by atomic mass is 31.2. The highest BCUT2D eigenvalue weighted by molar-refractivity contribution is 7.47. The minimum absolute atomic E-state index is 0.0107. The minimum Gasteiger partial charge on any atom is -0.463 e. The normalized spacial score (nSPS) is 12.1. The van der Waals surface area contributed by atoms with Crippen molar-refractivity contribution in [2.75, 3.05) is 146 Å². The van der Waals surface area contributed by atoms with E-state index in [1.54, 1.807) is 4.90 Å². The number of esters is 2. The molecule has 0 aromatic rings. The second-order valence-electron chi connectivity index (χ2n) is 9.33. The van der Waals surface area contributed by atoms with Gasteiger partial charge in [0.15, 0.2) is 0 Å². The fourth-order valence-electron chi connectivity index (χ4n) is 3.16. The molecular weight excluding hydrogens is 699 g/mol. The fraction of sp³-hybridized carbons (Fsp3) is 0.815. The number of hydrogen-bond donors (Lipinski definition) is 4. The van der Waals surface area contributed by atoms with Gasteiger partial charge in [-0.3, -0.25) is 18.7 Å². The molecule has 0 saturated carbocycles. The number of phosphoric acid groups is 1. The Bertz CT molecular complexity index is 944. The molecule has 292 valence electrons. The first kappa shape index (κ1) is 46.8. The lowest BCUT2D eigenvalue weighted by molar-refractivity contribution is -0.150. The summed E-state index contributed by atoms with van der Waals surface area (Å²) in [6, 6.07) is 0. The van der Waals surface area contributed by atoms with Crippen molar-refractivity contribution < 1.29 is 85.1 Å². The molecule has 0 saturated heterocycles. The third-order valence-corrected chi connectivity index (χ3v) is 6.55. The van der Waals surface area contributed by atoms with E-state index in [4.69, 9.17) is 38.1 Å². The molecule has 23 heteroatoms. The molecule has 0 aromatic heterocycles. The lowest BCUT2D eigenvalue weighted by Gasteiger charge is -2.21. The predicted octanol–water partition coefficient (Wildman–Crippen LogP) is -1.95. The number of carbonyl (C=O) groups is 5. The SMILES string of the molecule is COC(=O)NCCOCCOCC(=O)OCCN(CCOC(=O)COCCOCCNC(=O)OC)CC(=O)NCCOCCOP(=O)(O)OC. The van der Waals surface area contributed by atoms with E-state index in [2.05, 4.69) is 34.5 Å². The Hall–Kier alpha value is -3.18. The summed E-state index contributed by atoms with van der Waals surface area (Å²) in [4.78, 5) is 69.2. The summed E-state index contributed by atoms with van der Waals surface area (Å²) in [5.41, 5.74) is 0. The van der Waals surface area contributed by atoms with Crippen LogP contribution in [0.1, 0.15) is 0 Å². The van der Waals surface area contributed by atoms with Crippen molar-refractivity contribution in [2.24, 2.45) is 0 Å². The van der Waals surface area contributed by atoms with Crippen molar-refractivity contribution in [3.05, 3.63) is 0 Å². The summed E-state index contributed by atoms with van der Waals surface area (Å²) in [6.07, 6.45) is -1.15. The van der Waals surface area contributed by atoms with Crippen LogP contribution in [0.5, 0.6) is 0 Å². The van der Waals surface area contributed by atoms with Gasteiger partial charge in [-0.25, -0.2) is 23.7 Å². The molecule has 0 aliphatic rings. The lowest BCUT2D eigenvalue weighted by Crippen LogP contribution is -2.41. The Morgan fingerprint density at radius 3 is 1.44 bits per heavy atom. The fourth-order valence-corrected chi connectivity index (χ4v) is 3.57. The summed E-state index contributed by atoms with van der Waals surface area (Å²) in [7, 11) is -0.567.